The first kappa shape index (κ1) is 25.2. The summed E-state index contributed by atoms with van der Waals surface area (Å²) in [6, 6.07) is 24.0. The fourth-order valence-corrected chi connectivity index (χ4v) is 6.54. The van der Waals surface area contributed by atoms with Gasteiger partial charge in [-0.3, -0.25) is 14.4 Å². The van der Waals surface area contributed by atoms with E-state index in [1.807, 2.05) is 66.9 Å². The minimum absolute atomic E-state index is 0.0548. The Morgan fingerprint density at radius 3 is 2.44 bits per heavy atom. The zero-order chi connectivity index (χ0) is 27.1. The second-order valence-corrected chi connectivity index (χ2v) is 11.7. The lowest BCUT2D eigenvalue weighted by atomic mass is 10.1. The Bertz CT molecular complexity index is 1690. The van der Waals surface area contributed by atoms with Gasteiger partial charge in [0, 0.05) is 12.1 Å². The largest absolute Gasteiger partial charge is 0.321 e. The maximum Gasteiger partial charge on any atom is 0.264 e. The maximum atomic E-state index is 13.7. The van der Waals surface area contributed by atoms with Crippen LogP contribution in [0, 0.1) is 13.8 Å². The number of amides is 3. The Balaban J connectivity index is 1.27. The van der Waals surface area contributed by atoms with Crippen molar-refractivity contribution in [1.29, 1.82) is 0 Å². The van der Waals surface area contributed by atoms with Gasteiger partial charge in [-0.05, 0) is 72.8 Å². The van der Waals surface area contributed by atoms with Crippen LogP contribution in [0.25, 0.3) is 20.8 Å². The van der Waals surface area contributed by atoms with E-state index in [2.05, 4.69) is 13.0 Å². The molecule has 5 aromatic rings. The Kier molecular flexibility index (Phi) is 6.58. The number of nitrogens with zero attached hydrogens (tertiary/aromatic N) is 3. The van der Waals surface area contributed by atoms with Gasteiger partial charge in [0.2, 0.25) is 5.91 Å². The number of carbonyl (C=O) groups excluding carboxylic acids is 3. The molecule has 39 heavy (non-hydrogen) atoms. The minimum Gasteiger partial charge on any atom is -0.321 e. The highest BCUT2D eigenvalue weighted by Crippen LogP contribution is 2.33. The van der Waals surface area contributed by atoms with Gasteiger partial charge < -0.3 is 4.90 Å². The smallest absolute Gasteiger partial charge is 0.264 e. The van der Waals surface area contributed by atoms with Gasteiger partial charge in [-0.15, -0.1) is 22.7 Å². The number of benzene rings is 3. The van der Waals surface area contributed by atoms with E-state index in [-0.39, 0.29) is 30.7 Å². The molecule has 1 saturated heterocycles. The first-order chi connectivity index (χ1) is 18.9. The van der Waals surface area contributed by atoms with Gasteiger partial charge in [0.15, 0.2) is 0 Å². The third kappa shape index (κ3) is 4.89. The molecule has 0 radical (unpaired) electrons. The number of thiophene rings is 1. The monoisotopic (exact) mass is 551 g/mol. The van der Waals surface area contributed by atoms with E-state index >= 15 is 0 Å². The molecule has 6 nitrogen and oxygen atoms in total. The van der Waals surface area contributed by atoms with E-state index in [0.717, 1.165) is 31.9 Å². The molecule has 0 aliphatic carbocycles. The van der Waals surface area contributed by atoms with Crippen molar-refractivity contribution in [2.75, 3.05) is 4.90 Å². The highest BCUT2D eigenvalue weighted by Gasteiger charge is 2.44. The van der Waals surface area contributed by atoms with Crippen LogP contribution < -0.4 is 4.90 Å². The molecule has 2 aromatic heterocycles. The van der Waals surface area contributed by atoms with Gasteiger partial charge in [-0.2, -0.15) is 0 Å². The Morgan fingerprint density at radius 1 is 0.974 bits per heavy atom. The third-order valence-electron chi connectivity index (χ3n) is 6.88. The topological polar surface area (TPSA) is 70.6 Å². The normalized spacial score (nSPS) is 15.3. The number of rotatable bonds is 6. The molecule has 1 aliphatic rings. The van der Waals surface area contributed by atoms with Crippen LogP contribution in [-0.4, -0.2) is 33.6 Å². The molecular formula is C31H25N3O3S2. The van der Waals surface area contributed by atoms with Crippen LogP contribution in [0.3, 0.4) is 0 Å². The molecule has 1 fully saturated rings. The molecule has 3 heterocycles. The number of fused-ring (bicyclic) bond motifs is 1. The van der Waals surface area contributed by atoms with Crippen molar-refractivity contribution in [3.63, 3.8) is 0 Å². The number of hydrogen-bond acceptors (Lipinski definition) is 6. The number of aromatic nitrogens is 1. The lowest BCUT2D eigenvalue weighted by Crippen LogP contribution is -2.44. The lowest BCUT2D eigenvalue weighted by molar-refractivity contribution is -0.122. The highest BCUT2D eigenvalue weighted by atomic mass is 32.1. The summed E-state index contributed by atoms with van der Waals surface area (Å²) in [5.41, 5.74) is 5.55. The van der Waals surface area contributed by atoms with Crippen molar-refractivity contribution in [3.05, 3.63) is 106 Å². The van der Waals surface area contributed by atoms with Crippen LogP contribution in [0.15, 0.2) is 84.2 Å². The maximum absolute atomic E-state index is 13.7. The van der Waals surface area contributed by atoms with Gasteiger partial charge in [-0.1, -0.05) is 42.0 Å². The predicted molar refractivity (Wildman–Crippen MR) is 156 cm³/mol. The molecule has 3 amide bonds. The summed E-state index contributed by atoms with van der Waals surface area (Å²) in [4.78, 5) is 48.4. The fraction of sp³-hybridized carbons (Fsp3) is 0.161. The minimum atomic E-state index is -0.874. The van der Waals surface area contributed by atoms with Crippen molar-refractivity contribution in [3.8, 4) is 10.6 Å². The molecule has 0 spiro atoms. The van der Waals surface area contributed by atoms with Crippen LogP contribution in [0.4, 0.5) is 5.69 Å². The molecule has 1 aliphatic heterocycles. The second-order valence-electron chi connectivity index (χ2n) is 9.72. The molecular weight excluding hydrogens is 526 g/mol. The number of carbonyl (C=O) groups is 3. The standard InChI is InChI=1S/C31H25N3O3S2/c1-19-5-8-21(9-6-19)18-33(31(37)26-4-3-15-38-26)25-17-28(35)34(30(25)36)23-12-10-22(11-13-23)29-32-24-14-7-20(2)16-27(24)39-29/h3-16,25H,17-18H2,1-2H3. The Labute approximate surface area is 234 Å². The van der Waals surface area contributed by atoms with Crippen molar-refractivity contribution in [1.82, 2.24) is 9.88 Å². The van der Waals surface area contributed by atoms with Crippen LogP contribution in [-0.2, 0) is 16.1 Å². The predicted octanol–water partition coefficient (Wildman–Crippen LogP) is 6.62. The number of hydrogen-bond donors (Lipinski definition) is 0. The summed E-state index contributed by atoms with van der Waals surface area (Å²) >= 11 is 2.94. The van der Waals surface area contributed by atoms with Crippen LogP contribution in [0.1, 0.15) is 32.8 Å². The molecule has 0 bridgehead atoms. The van der Waals surface area contributed by atoms with Crippen LogP contribution in [0.5, 0.6) is 0 Å². The molecule has 1 atom stereocenters. The third-order valence-corrected chi connectivity index (χ3v) is 8.81. The summed E-state index contributed by atoms with van der Waals surface area (Å²) in [6.07, 6.45) is -0.0548. The van der Waals surface area contributed by atoms with Gasteiger partial charge in [0.25, 0.3) is 11.8 Å². The Hall–Kier alpha value is -4.14. The van der Waals surface area contributed by atoms with Gasteiger partial charge in [0.1, 0.15) is 11.0 Å². The van der Waals surface area contributed by atoms with Crippen LogP contribution in [0.2, 0.25) is 0 Å². The average molecular weight is 552 g/mol. The molecule has 3 aromatic carbocycles. The van der Waals surface area contributed by atoms with E-state index in [9.17, 15) is 14.4 Å². The van der Waals surface area contributed by atoms with Crippen molar-refractivity contribution >= 4 is 56.3 Å². The molecule has 194 valence electrons. The number of thiazole rings is 1. The lowest BCUT2D eigenvalue weighted by Gasteiger charge is -2.27. The first-order valence-electron chi connectivity index (χ1n) is 12.6. The van der Waals surface area contributed by atoms with E-state index in [1.165, 1.54) is 26.7 Å². The summed E-state index contributed by atoms with van der Waals surface area (Å²) in [7, 11) is 0. The fourth-order valence-electron chi connectivity index (χ4n) is 4.79. The summed E-state index contributed by atoms with van der Waals surface area (Å²) in [5.74, 6) is -0.957. The van der Waals surface area contributed by atoms with E-state index < -0.39 is 6.04 Å². The summed E-state index contributed by atoms with van der Waals surface area (Å²) in [6.45, 7) is 4.30. The van der Waals surface area contributed by atoms with E-state index in [0.29, 0.717) is 10.6 Å². The van der Waals surface area contributed by atoms with E-state index in [1.54, 1.807) is 29.5 Å². The molecule has 6 rings (SSSR count). The molecule has 8 heteroatoms. The van der Waals surface area contributed by atoms with Crippen molar-refractivity contribution < 1.29 is 14.4 Å². The van der Waals surface area contributed by atoms with Gasteiger partial charge >= 0.3 is 0 Å². The SMILES string of the molecule is Cc1ccc(CN(C(=O)c2cccs2)C2CC(=O)N(c3ccc(-c4nc5ccc(C)cc5s4)cc3)C2=O)cc1. The molecule has 1 unspecified atom stereocenters. The first-order valence-corrected chi connectivity index (χ1v) is 14.3. The van der Waals surface area contributed by atoms with Crippen molar-refractivity contribution in [2.24, 2.45) is 0 Å². The Morgan fingerprint density at radius 2 is 1.72 bits per heavy atom. The van der Waals surface area contributed by atoms with Gasteiger partial charge in [0.05, 0.1) is 27.2 Å². The number of aryl methyl sites for hydroxylation is 2. The zero-order valence-electron chi connectivity index (χ0n) is 21.5. The van der Waals surface area contributed by atoms with Crippen LogP contribution >= 0.6 is 22.7 Å². The number of imide groups is 1. The highest BCUT2D eigenvalue weighted by molar-refractivity contribution is 7.21. The second kappa shape index (κ2) is 10.2. The average Bonchev–Trinajstić information content (AvgIpc) is 3.67. The zero-order valence-corrected chi connectivity index (χ0v) is 23.1. The van der Waals surface area contributed by atoms with Gasteiger partial charge in [-0.25, -0.2) is 9.88 Å². The number of anilines is 1. The molecule has 0 N–H and O–H groups in total. The summed E-state index contributed by atoms with van der Waals surface area (Å²) < 4.78 is 1.12. The quantitative estimate of drug-likeness (QED) is 0.223. The van der Waals surface area contributed by atoms with E-state index in [4.69, 9.17) is 4.98 Å². The van der Waals surface area contributed by atoms with Crippen molar-refractivity contribution in [2.45, 2.75) is 32.9 Å². The molecule has 0 saturated carbocycles. The summed E-state index contributed by atoms with van der Waals surface area (Å²) in [5, 5.41) is 2.71.